The van der Waals surface area contributed by atoms with Crippen LogP contribution in [0, 0.1) is 5.92 Å². The molecule has 1 aliphatic rings. The maximum Gasteiger partial charge on any atom is 0.235 e. The van der Waals surface area contributed by atoms with Gasteiger partial charge in [0.15, 0.2) is 0 Å². The lowest BCUT2D eigenvalue weighted by Crippen LogP contribution is -2.29. The van der Waals surface area contributed by atoms with Crippen LogP contribution in [-0.2, 0) is 10.0 Å². The molecule has 0 heterocycles. The number of nitrogens with zero attached hydrogens (tertiary/aromatic N) is 1. The number of benzene rings is 1. The first-order valence-electron chi connectivity index (χ1n) is 5.76. The zero-order valence-corrected chi connectivity index (χ0v) is 11.8. The molecule has 1 aromatic carbocycles. The van der Waals surface area contributed by atoms with Crippen molar-refractivity contribution < 1.29 is 8.42 Å². The highest BCUT2D eigenvalue weighted by Gasteiger charge is 2.30. The van der Waals surface area contributed by atoms with Gasteiger partial charge in [0.1, 0.15) is 4.99 Å². The van der Waals surface area contributed by atoms with Crippen molar-refractivity contribution in [2.45, 2.75) is 12.8 Å². The van der Waals surface area contributed by atoms with Crippen LogP contribution in [0.25, 0.3) is 0 Å². The van der Waals surface area contributed by atoms with Gasteiger partial charge in [-0.1, -0.05) is 12.2 Å². The zero-order valence-electron chi connectivity index (χ0n) is 10.2. The highest BCUT2D eigenvalue weighted by molar-refractivity contribution is 7.92. The Morgan fingerprint density at radius 2 is 1.94 bits per heavy atom. The summed E-state index contributed by atoms with van der Waals surface area (Å²) in [7, 11) is -1.64. The summed E-state index contributed by atoms with van der Waals surface area (Å²) in [5, 5.41) is 0. The summed E-state index contributed by atoms with van der Waals surface area (Å²) >= 11 is 4.86. The molecule has 1 aliphatic carbocycles. The van der Waals surface area contributed by atoms with Crippen LogP contribution in [0.5, 0.6) is 0 Å². The van der Waals surface area contributed by atoms with Crippen molar-refractivity contribution >= 4 is 32.9 Å². The van der Waals surface area contributed by atoms with Gasteiger partial charge in [-0.15, -0.1) is 0 Å². The first-order valence-corrected chi connectivity index (χ1v) is 7.78. The second kappa shape index (κ2) is 4.85. The summed E-state index contributed by atoms with van der Waals surface area (Å²) in [6.45, 7) is 0. The van der Waals surface area contributed by atoms with Crippen molar-refractivity contribution in [3.8, 4) is 0 Å². The molecule has 2 rings (SSSR count). The van der Waals surface area contributed by atoms with Gasteiger partial charge in [0, 0.05) is 12.6 Å². The highest BCUT2D eigenvalue weighted by atomic mass is 32.2. The third-order valence-electron chi connectivity index (χ3n) is 3.08. The molecule has 6 heteroatoms. The maximum absolute atomic E-state index is 12.1. The molecular formula is C12H16N2O2S2. The molecule has 0 aromatic heterocycles. The largest absolute Gasteiger partial charge is 0.389 e. The van der Waals surface area contributed by atoms with Crippen molar-refractivity contribution in [3.63, 3.8) is 0 Å². The van der Waals surface area contributed by atoms with E-state index in [1.54, 1.807) is 31.3 Å². The minimum atomic E-state index is -3.21. The summed E-state index contributed by atoms with van der Waals surface area (Å²) in [5.41, 5.74) is 6.87. The Morgan fingerprint density at radius 1 is 1.39 bits per heavy atom. The van der Waals surface area contributed by atoms with E-state index >= 15 is 0 Å². The van der Waals surface area contributed by atoms with Gasteiger partial charge in [-0.25, -0.2) is 8.42 Å². The predicted molar refractivity (Wildman–Crippen MR) is 77.2 cm³/mol. The lowest BCUT2D eigenvalue weighted by molar-refractivity contribution is 0.590. The van der Waals surface area contributed by atoms with E-state index in [4.69, 9.17) is 18.0 Å². The Labute approximate surface area is 113 Å². The van der Waals surface area contributed by atoms with E-state index in [9.17, 15) is 8.42 Å². The minimum Gasteiger partial charge on any atom is -0.389 e. The fourth-order valence-electron chi connectivity index (χ4n) is 1.69. The molecule has 18 heavy (non-hydrogen) atoms. The second-order valence-corrected chi connectivity index (χ2v) is 7.09. The van der Waals surface area contributed by atoms with Crippen molar-refractivity contribution in [2.24, 2.45) is 11.7 Å². The predicted octanol–water partition coefficient (Wildman–Crippen LogP) is 1.50. The van der Waals surface area contributed by atoms with Crippen LogP contribution >= 0.6 is 12.2 Å². The first-order chi connectivity index (χ1) is 8.40. The third kappa shape index (κ3) is 3.00. The van der Waals surface area contributed by atoms with E-state index in [1.807, 2.05) is 0 Å². The number of nitrogens with two attached hydrogens (primary N) is 1. The monoisotopic (exact) mass is 284 g/mol. The summed E-state index contributed by atoms with van der Waals surface area (Å²) in [5.74, 6) is 0.578. The standard InChI is InChI=1S/C12H16N2O2S2/c1-14(18(15,16)8-9-2-3-9)11-6-4-10(5-7-11)12(13)17/h4-7,9H,2-3,8H2,1H3,(H2,13,17). The van der Waals surface area contributed by atoms with Crippen molar-refractivity contribution in [1.29, 1.82) is 0 Å². The van der Waals surface area contributed by atoms with Crippen LogP contribution in [0.3, 0.4) is 0 Å². The molecule has 1 fully saturated rings. The molecule has 0 atom stereocenters. The van der Waals surface area contributed by atoms with Crippen LogP contribution in [0.1, 0.15) is 18.4 Å². The van der Waals surface area contributed by atoms with E-state index in [-0.39, 0.29) is 5.75 Å². The van der Waals surface area contributed by atoms with Crippen molar-refractivity contribution in [3.05, 3.63) is 29.8 Å². The molecule has 1 saturated carbocycles. The minimum absolute atomic E-state index is 0.237. The maximum atomic E-state index is 12.1. The lowest BCUT2D eigenvalue weighted by Gasteiger charge is -2.19. The molecule has 0 spiro atoms. The van der Waals surface area contributed by atoms with Gasteiger partial charge in [-0.3, -0.25) is 4.31 Å². The summed E-state index contributed by atoms with van der Waals surface area (Å²) in [6, 6.07) is 6.92. The van der Waals surface area contributed by atoms with Gasteiger partial charge >= 0.3 is 0 Å². The van der Waals surface area contributed by atoms with Crippen LogP contribution in [0.2, 0.25) is 0 Å². The third-order valence-corrected chi connectivity index (χ3v) is 5.25. The summed E-state index contributed by atoms with van der Waals surface area (Å²) in [6.07, 6.45) is 2.04. The molecule has 0 amide bonds. The molecule has 0 saturated heterocycles. The van der Waals surface area contributed by atoms with Crippen LogP contribution in [-0.4, -0.2) is 26.2 Å². The number of rotatable bonds is 5. The fourth-order valence-corrected chi connectivity index (χ4v) is 3.42. The molecule has 0 unspecified atom stereocenters. The number of sulfonamides is 1. The smallest absolute Gasteiger partial charge is 0.235 e. The Hall–Kier alpha value is -1.14. The SMILES string of the molecule is CN(c1ccc(C(N)=S)cc1)S(=O)(=O)CC1CC1. The molecule has 1 aromatic rings. The topological polar surface area (TPSA) is 63.4 Å². The molecule has 0 radical (unpaired) electrons. The quantitative estimate of drug-likeness (QED) is 0.832. The fraction of sp³-hybridized carbons (Fsp3) is 0.417. The molecule has 98 valence electrons. The Morgan fingerprint density at radius 3 is 2.39 bits per heavy atom. The van der Waals surface area contributed by atoms with Crippen LogP contribution in [0.15, 0.2) is 24.3 Å². The Kier molecular flexibility index (Phi) is 3.59. The Bertz CT molecular complexity index is 548. The van der Waals surface area contributed by atoms with Crippen molar-refractivity contribution in [1.82, 2.24) is 0 Å². The average molecular weight is 284 g/mol. The molecule has 0 aliphatic heterocycles. The number of anilines is 1. The van der Waals surface area contributed by atoms with Crippen molar-refractivity contribution in [2.75, 3.05) is 17.1 Å². The molecule has 0 bridgehead atoms. The van der Waals surface area contributed by atoms with E-state index in [1.165, 1.54) is 4.31 Å². The number of thiocarbonyl (C=S) groups is 1. The average Bonchev–Trinajstić information content (AvgIpc) is 3.11. The molecular weight excluding hydrogens is 268 g/mol. The number of hydrogen-bond acceptors (Lipinski definition) is 3. The molecule has 4 nitrogen and oxygen atoms in total. The van der Waals surface area contributed by atoms with Gasteiger partial charge in [0.05, 0.1) is 11.4 Å². The van der Waals surface area contributed by atoms with Gasteiger partial charge < -0.3 is 5.73 Å². The second-order valence-electron chi connectivity index (χ2n) is 4.60. The van der Waals surface area contributed by atoms with Gasteiger partial charge in [-0.2, -0.15) is 0 Å². The van der Waals surface area contributed by atoms with Crippen LogP contribution in [0.4, 0.5) is 5.69 Å². The van der Waals surface area contributed by atoms with Gasteiger partial charge in [-0.05, 0) is 43.0 Å². The van der Waals surface area contributed by atoms with Gasteiger partial charge in [0.25, 0.3) is 0 Å². The van der Waals surface area contributed by atoms with E-state index < -0.39 is 10.0 Å². The van der Waals surface area contributed by atoms with Gasteiger partial charge in [0.2, 0.25) is 10.0 Å². The van der Waals surface area contributed by atoms with E-state index in [2.05, 4.69) is 0 Å². The highest BCUT2D eigenvalue weighted by Crippen LogP contribution is 2.31. The Balaban J connectivity index is 2.17. The lowest BCUT2D eigenvalue weighted by atomic mass is 10.2. The first kappa shape index (κ1) is 13.3. The summed E-state index contributed by atoms with van der Waals surface area (Å²) in [4.78, 5) is 0.310. The normalized spacial score (nSPS) is 15.4. The molecule has 2 N–H and O–H groups in total. The summed E-state index contributed by atoms with van der Waals surface area (Å²) < 4.78 is 25.5. The van der Waals surface area contributed by atoms with Crippen LogP contribution < -0.4 is 10.0 Å². The van der Waals surface area contributed by atoms with E-state index in [0.29, 0.717) is 16.6 Å². The number of hydrogen-bond donors (Lipinski definition) is 1. The zero-order chi connectivity index (χ0) is 13.3. The van der Waals surface area contributed by atoms with E-state index in [0.717, 1.165) is 18.4 Å².